The van der Waals surface area contributed by atoms with E-state index in [1.807, 2.05) is 0 Å². The maximum Gasteiger partial charge on any atom is 0.158 e. The molecule has 4 heteroatoms. The Bertz CT molecular complexity index is 501. The van der Waals surface area contributed by atoms with E-state index in [1.165, 1.54) is 6.08 Å². The molecule has 0 saturated carbocycles. The van der Waals surface area contributed by atoms with Crippen LogP contribution in [0.2, 0.25) is 10.0 Å². The van der Waals surface area contributed by atoms with E-state index in [1.54, 1.807) is 24.3 Å². The summed E-state index contributed by atoms with van der Waals surface area (Å²) in [6, 6.07) is 5.19. The summed E-state index contributed by atoms with van der Waals surface area (Å²) in [5, 5.41) is 0.959. The van der Waals surface area contributed by atoms with Crippen molar-refractivity contribution in [2.24, 2.45) is 0 Å². The molecule has 0 unspecified atom stereocenters. The number of allylic oxidation sites excluding steroid dienone is 1. The molecule has 0 heterocycles. The summed E-state index contributed by atoms with van der Waals surface area (Å²) in [6.07, 6.45) is 9.18. The van der Waals surface area contributed by atoms with Crippen molar-refractivity contribution in [2.75, 3.05) is 13.2 Å². The molecule has 0 N–H and O–H groups in total. The smallest absolute Gasteiger partial charge is 0.158 e. The summed E-state index contributed by atoms with van der Waals surface area (Å²) in [5.74, 6) is 2.46. The Hall–Kier alpha value is -1.27. The van der Waals surface area contributed by atoms with E-state index in [-0.39, 0.29) is 5.78 Å². The zero-order chi connectivity index (χ0) is 14.1. The van der Waals surface area contributed by atoms with E-state index in [9.17, 15) is 4.79 Å². The molecule has 19 heavy (non-hydrogen) atoms. The Labute approximate surface area is 123 Å². The molecule has 100 valence electrons. The number of terminal acetylenes is 1. The molecule has 0 fully saturated rings. The van der Waals surface area contributed by atoms with Crippen LogP contribution in [0.3, 0.4) is 0 Å². The van der Waals surface area contributed by atoms with E-state index < -0.39 is 0 Å². The molecule has 0 radical (unpaired) electrons. The van der Waals surface area contributed by atoms with Gasteiger partial charge in [0.25, 0.3) is 0 Å². The minimum Gasteiger partial charge on any atom is -0.380 e. The summed E-state index contributed by atoms with van der Waals surface area (Å²) >= 11 is 11.7. The van der Waals surface area contributed by atoms with Gasteiger partial charge in [0.2, 0.25) is 0 Å². The zero-order valence-corrected chi connectivity index (χ0v) is 11.9. The van der Waals surface area contributed by atoms with Crippen molar-refractivity contribution >= 4 is 35.1 Å². The third-order valence-corrected chi connectivity index (χ3v) is 3.03. The number of carbonyl (C=O) groups is 1. The number of ketones is 1. The molecule has 2 nitrogen and oxygen atoms in total. The molecule has 0 atom stereocenters. The van der Waals surface area contributed by atoms with Gasteiger partial charge in [0.1, 0.15) is 0 Å². The second kappa shape index (κ2) is 8.77. The predicted molar refractivity (Wildman–Crippen MR) is 79.4 cm³/mol. The fourth-order valence-electron chi connectivity index (χ4n) is 1.29. The third kappa shape index (κ3) is 6.45. The van der Waals surface area contributed by atoms with Crippen LogP contribution in [0.25, 0.3) is 6.08 Å². The second-order valence-corrected chi connectivity index (χ2v) is 4.60. The Morgan fingerprint density at radius 1 is 1.32 bits per heavy atom. The SMILES string of the molecule is C#CCCOCCC(=O)/C=C/c1ccc(Cl)c(Cl)c1. The molecular formula is C15H14Cl2O2. The first-order chi connectivity index (χ1) is 9.13. The first-order valence-electron chi connectivity index (χ1n) is 5.80. The highest BCUT2D eigenvalue weighted by atomic mass is 35.5. The summed E-state index contributed by atoms with van der Waals surface area (Å²) in [5.41, 5.74) is 0.830. The van der Waals surface area contributed by atoms with Crippen LogP contribution in [0, 0.1) is 12.3 Å². The Balaban J connectivity index is 2.37. The quantitative estimate of drug-likeness (QED) is 0.432. The molecule has 0 amide bonds. The average molecular weight is 297 g/mol. The summed E-state index contributed by atoms with van der Waals surface area (Å²) in [7, 11) is 0. The van der Waals surface area contributed by atoms with Crippen molar-refractivity contribution in [1.82, 2.24) is 0 Å². The van der Waals surface area contributed by atoms with Gasteiger partial charge in [-0.3, -0.25) is 4.79 Å². The van der Waals surface area contributed by atoms with Crippen LogP contribution in [-0.4, -0.2) is 19.0 Å². The first kappa shape index (κ1) is 15.8. The van der Waals surface area contributed by atoms with Gasteiger partial charge in [0.05, 0.1) is 23.3 Å². The van der Waals surface area contributed by atoms with Crippen LogP contribution < -0.4 is 0 Å². The lowest BCUT2D eigenvalue weighted by Gasteiger charge is -1.99. The number of benzene rings is 1. The van der Waals surface area contributed by atoms with Crippen LogP contribution in [0.5, 0.6) is 0 Å². The highest BCUT2D eigenvalue weighted by molar-refractivity contribution is 6.42. The average Bonchev–Trinajstić information content (AvgIpc) is 2.40. The standard InChI is InChI=1S/C15H14Cl2O2/c1-2-3-9-19-10-8-13(18)6-4-12-5-7-14(16)15(17)11-12/h1,4-7,11H,3,8-10H2/b6-4+. The fraction of sp³-hybridized carbons (Fsp3) is 0.267. The first-order valence-corrected chi connectivity index (χ1v) is 6.56. The Morgan fingerprint density at radius 2 is 2.11 bits per heavy atom. The van der Waals surface area contributed by atoms with Gasteiger partial charge in [-0.1, -0.05) is 35.3 Å². The molecule has 0 aliphatic heterocycles. The largest absolute Gasteiger partial charge is 0.380 e. The third-order valence-electron chi connectivity index (χ3n) is 2.29. The van der Waals surface area contributed by atoms with Crippen molar-refractivity contribution in [1.29, 1.82) is 0 Å². The van der Waals surface area contributed by atoms with E-state index in [2.05, 4.69) is 5.92 Å². The van der Waals surface area contributed by atoms with Crippen LogP contribution in [0.1, 0.15) is 18.4 Å². The van der Waals surface area contributed by atoms with Gasteiger partial charge in [-0.25, -0.2) is 0 Å². The molecule has 0 aliphatic carbocycles. The molecule has 1 rings (SSSR count). The number of carbonyl (C=O) groups excluding carboxylic acids is 1. The number of rotatable bonds is 7. The van der Waals surface area contributed by atoms with E-state index in [0.29, 0.717) is 36.1 Å². The highest BCUT2D eigenvalue weighted by Crippen LogP contribution is 2.23. The van der Waals surface area contributed by atoms with E-state index >= 15 is 0 Å². The monoisotopic (exact) mass is 296 g/mol. The van der Waals surface area contributed by atoms with Crippen molar-refractivity contribution in [2.45, 2.75) is 12.8 Å². The zero-order valence-electron chi connectivity index (χ0n) is 10.4. The Kier molecular flexibility index (Phi) is 7.28. The fourth-order valence-corrected chi connectivity index (χ4v) is 1.60. The van der Waals surface area contributed by atoms with Gasteiger partial charge in [-0.15, -0.1) is 12.3 Å². The summed E-state index contributed by atoms with van der Waals surface area (Å²) < 4.78 is 5.20. The van der Waals surface area contributed by atoms with Crippen molar-refractivity contribution in [3.05, 3.63) is 39.9 Å². The maximum atomic E-state index is 11.5. The Morgan fingerprint density at radius 3 is 2.79 bits per heavy atom. The molecule has 1 aromatic rings. The molecule has 0 bridgehead atoms. The molecule has 0 saturated heterocycles. The van der Waals surface area contributed by atoms with E-state index in [4.69, 9.17) is 34.4 Å². The number of ether oxygens (including phenoxy) is 1. The lowest BCUT2D eigenvalue weighted by atomic mass is 10.2. The minimum atomic E-state index is -0.00761. The number of hydrogen-bond donors (Lipinski definition) is 0. The highest BCUT2D eigenvalue weighted by Gasteiger charge is 1.99. The van der Waals surface area contributed by atoms with Gasteiger partial charge < -0.3 is 4.74 Å². The van der Waals surface area contributed by atoms with Gasteiger partial charge >= 0.3 is 0 Å². The molecule has 0 aromatic heterocycles. The normalized spacial score (nSPS) is 10.6. The summed E-state index contributed by atoms with van der Waals surface area (Å²) in [4.78, 5) is 11.5. The van der Waals surface area contributed by atoms with Gasteiger partial charge in [-0.2, -0.15) is 0 Å². The minimum absolute atomic E-state index is 0.00761. The molecule has 0 spiro atoms. The van der Waals surface area contributed by atoms with E-state index in [0.717, 1.165) is 5.56 Å². The lowest BCUT2D eigenvalue weighted by molar-refractivity contribution is -0.115. The second-order valence-electron chi connectivity index (χ2n) is 3.79. The molecule has 1 aromatic carbocycles. The van der Waals surface area contributed by atoms with Crippen LogP contribution in [0.4, 0.5) is 0 Å². The van der Waals surface area contributed by atoms with Crippen LogP contribution in [-0.2, 0) is 9.53 Å². The number of hydrogen-bond acceptors (Lipinski definition) is 2. The van der Waals surface area contributed by atoms with Gasteiger partial charge in [0.15, 0.2) is 5.78 Å². The van der Waals surface area contributed by atoms with Crippen molar-refractivity contribution < 1.29 is 9.53 Å². The van der Waals surface area contributed by atoms with Crippen LogP contribution >= 0.6 is 23.2 Å². The van der Waals surface area contributed by atoms with Crippen molar-refractivity contribution in [3.63, 3.8) is 0 Å². The lowest BCUT2D eigenvalue weighted by Crippen LogP contribution is -2.02. The maximum absolute atomic E-state index is 11.5. The van der Waals surface area contributed by atoms with Crippen molar-refractivity contribution in [3.8, 4) is 12.3 Å². The van der Waals surface area contributed by atoms with Gasteiger partial charge in [0, 0.05) is 12.8 Å². The van der Waals surface area contributed by atoms with Gasteiger partial charge in [-0.05, 0) is 23.8 Å². The topological polar surface area (TPSA) is 26.3 Å². The molecule has 0 aliphatic rings. The number of halogens is 2. The summed E-state index contributed by atoms with van der Waals surface area (Å²) in [6.45, 7) is 0.868. The van der Waals surface area contributed by atoms with Crippen LogP contribution in [0.15, 0.2) is 24.3 Å². The molecular weight excluding hydrogens is 283 g/mol. The predicted octanol–water partition coefficient (Wildman–Crippen LogP) is 4.01.